The largest absolute Gasteiger partial charge is 0.497 e. The van der Waals surface area contributed by atoms with E-state index in [0.717, 1.165) is 28.0 Å². The lowest BCUT2D eigenvalue weighted by molar-refractivity contribution is 0.415. The van der Waals surface area contributed by atoms with Gasteiger partial charge in [0, 0.05) is 21.9 Å². The fourth-order valence-electron chi connectivity index (χ4n) is 3.26. The summed E-state index contributed by atoms with van der Waals surface area (Å²) in [4.78, 5) is 4.66. The van der Waals surface area contributed by atoms with Gasteiger partial charge in [-0.15, -0.1) is 0 Å². The van der Waals surface area contributed by atoms with Gasteiger partial charge in [-0.05, 0) is 42.8 Å². The summed E-state index contributed by atoms with van der Waals surface area (Å²) in [5.41, 5.74) is 4.73. The van der Waals surface area contributed by atoms with Crippen LogP contribution in [-0.4, -0.2) is 22.3 Å². The first kappa shape index (κ1) is 18.7. The molecule has 0 saturated heterocycles. The minimum absolute atomic E-state index is 0.446. The maximum Gasteiger partial charge on any atom is 0.182 e. The second-order valence-electron chi connectivity index (χ2n) is 6.49. The first-order valence-corrected chi connectivity index (χ1v) is 9.36. The molecule has 0 radical (unpaired) electrons. The number of hydrogen-bond acceptors (Lipinski definition) is 4. The standard InChI is InChI=1S/C23H17ClN4O/c1-14-21-18(12-20(24)15-6-4-3-5-7-15)19(13-25)22(26-23(21)28-27-14)16-8-10-17(29-2)11-9-16/h3-12H,1-2H3,(H,26,27,28). The molecule has 2 aromatic heterocycles. The van der Waals surface area contributed by atoms with Crippen LogP contribution in [0.1, 0.15) is 22.4 Å². The molecular weight excluding hydrogens is 384 g/mol. The third kappa shape index (κ3) is 3.46. The van der Waals surface area contributed by atoms with Crippen LogP contribution in [0.15, 0.2) is 54.6 Å². The number of aryl methyl sites for hydroxylation is 1. The Bertz CT molecular complexity index is 1250. The zero-order valence-corrected chi connectivity index (χ0v) is 16.7. The number of hydrogen-bond donors (Lipinski definition) is 1. The third-order valence-corrected chi connectivity index (χ3v) is 5.04. The van der Waals surface area contributed by atoms with Crippen molar-refractivity contribution < 1.29 is 4.74 Å². The predicted octanol–water partition coefficient (Wildman–Crippen LogP) is 5.55. The lowest BCUT2D eigenvalue weighted by atomic mass is 9.97. The lowest BCUT2D eigenvalue weighted by Gasteiger charge is -2.10. The highest BCUT2D eigenvalue weighted by Crippen LogP contribution is 2.34. The van der Waals surface area contributed by atoms with Gasteiger partial charge in [-0.25, -0.2) is 4.98 Å². The average molecular weight is 401 g/mol. The molecule has 4 rings (SSSR count). The minimum atomic E-state index is 0.446. The molecule has 2 heterocycles. The highest BCUT2D eigenvalue weighted by atomic mass is 35.5. The zero-order chi connectivity index (χ0) is 20.4. The zero-order valence-electron chi connectivity index (χ0n) is 15.9. The van der Waals surface area contributed by atoms with Crippen LogP contribution in [0.5, 0.6) is 5.75 Å². The van der Waals surface area contributed by atoms with Crippen molar-refractivity contribution in [1.82, 2.24) is 15.2 Å². The number of benzene rings is 2. The molecule has 0 aliphatic heterocycles. The predicted molar refractivity (Wildman–Crippen MR) is 115 cm³/mol. The molecule has 0 aliphatic carbocycles. The van der Waals surface area contributed by atoms with Gasteiger partial charge in [0.15, 0.2) is 5.65 Å². The summed E-state index contributed by atoms with van der Waals surface area (Å²) in [7, 11) is 1.61. The topological polar surface area (TPSA) is 74.6 Å². The molecule has 0 spiro atoms. The number of nitrogens with zero attached hydrogens (tertiary/aromatic N) is 3. The molecule has 0 bridgehead atoms. The van der Waals surface area contributed by atoms with E-state index >= 15 is 0 Å². The number of aromatic nitrogens is 3. The van der Waals surface area contributed by atoms with Crippen LogP contribution in [0.3, 0.4) is 0 Å². The first-order chi connectivity index (χ1) is 14.1. The molecule has 0 atom stereocenters. The Balaban J connectivity index is 1.99. The fourth-order valence-corrected chi connectivity index (χ4v) is 3.49. The Morgan fingerprint density at radius 2 is 1.86 bits per heavy atom. The summed E-state index contributed by atoms with van der Waals surface area (Å²) in [6, 6.07) is 19.4. The van der Waals surface area contributed by atoms with Crippen molar-refractivity contribution in [2.24, 2.45) is 0 Å². The second-order valence-corrected chi connectivity index (χ2v) is 6.90. The van der Waals surface area contributed by atoms with Gasteiger partial charge in [0.1, 0.15) is 11.8 Å². The van der Waals surface area contributed by atoms with E-state index < -0.39 is 0 Å². The lowest BCUT2D eigenvalue weighted by Crippen LogP contribution is -1.96. The summed E-state index contributed by atoms with van der Waals surface area (Å²) in [5, 5.41) is 18.6. The van der Waals surface area contributed by atoms with E-state index in [2.05, 4.69) is 21.3 Å². The van der Waals surface area contributed by atoms with Crippen molar-refractivity contribution in [3.63, 3.8) is 0 Å². The van der Waals surface area contributed by atoms with Crippen LogP contribution < -0.4 is 4.74 Å². The Kier molecular flexibility index (Phi) is 5.03. The number of fused-ring (bicyclic) bond motifs is 1. The highest BCUT2D eigenvalue weighted by molar-refractivity contribution is 6.51. The molecule has 29 heavy (non-hydrogen) atoms. The number of halogens is 1. The average Bonchev–Trinajstić information content (AvgIpc) is 3.14. The highest BCUT2D eigenvalue weighted by Gasteiger charge is 2.19. The third-order valence-electron chi connectivity index (χ3n) is 4.72. The quantitative estimate of drug-likeness (QED) is 0.487. The van der Waals surface area contributed by atoms with Crippen LogP contribution in [0, 0.1) is 18.3 Å². The van der Waals surface area contributed by atoms with E-state index in [9.17, 15) is 5.26 Å². The molecule has 0 saturated carbocycles. The molecule has 1 N–H and O–H groups in total. The number of aromatic amines is 1. The summed E-state index contributed by atoms with van der Waals surface area (Å²) < 4.78 is 5.23. The van der Waals surface area contributed by atoms with Crippen molar-refractivity contribution >= 4 is 33.7 Å². The van der Waals surface area contributed by atoms with E-state index in [4.69, 9.17) is 16.3 Å². The monoisotopic (exact) mass is 400 g/mol. The first-order valence-electron chi connectivity index (χ1n) is 8.98. The van der Waals surface area contributed by atoms with E-state index in [-0.39, 0.29) is 0 Å². The number of ether oxygens (including phenoxy) is 1. The number of pyridine rings is 1. The van der Waals surface area contributed by atoms with Crippen LogP contribution in [0.4, 0.5) is 0 Å². The molecule has 6 heteroatoms. The van der Waals surface area contributed by atoms with Crippen molar-refractivity contribution in [3.8, 4) is 23.1 Å². The van der Waals surface area contributed by atoms with Crippen LogP contribution in [0.25, 0.3) is 33.4 Å². The Labute approximate surface area is 173 Å². The Morgan fingerprint density at radius 1 is 1.14 bits per heavy atom. The molecule has 0 aliphatic rings. The van der Waals surface area contributed by atoms with Gasteiger partial charge in [0.2, 0.25) is 0 Å². The normalized spacial score (nSPS) is 11.4. The van der Waals surface area contributed by atoms with E-state index in [1.165, 1.54) is 0 Å². The van der Waals surface area contributed by atoms with Gasteiger partial charge in [0.25, 0.3) is 0 Å². The summed E-state index contributed by atoms with van der Waals surface area (Å²) in [5.74, 6) is 0.733. The number of methoxy groups -OCH3 is 1. The van der Waals surface area contributed by atoms with Crippen LogP contribution >= 0.6 is 11.6 Å². The number of nitrogens with one attached hydrogen (secondary N) is 1. The Hall–Kier alpha value is -3.62. The number of H-pyrrole nitrogens is 1. The van der Waals surface area contributed by atoms with E-state index in [1.54, 1.807) is 7.11 Å². The van der Waals surface area contributed by atoms with Crippen molar-refractivity contribution in [3.05, 3.63) is 77.0 Å². The van der Waals surface area contributed by atoms with Gasteiger partial charge < -0.3 is 4.74 Å². The molecule has 0 fully saturated rings. The van der Waals surface area contributed by atoms with Crippen molar-refractivity contribution in [1.29, 1.82) is 5.26 Å². The molecule has 0 amide bonds. The summed E-state index contributed by atoms with van der Waals surface area (Å²) in [6.07, 6.45) is 1.81. The number of rotatable bonds is 4. The molecule has 4 aromatic rings. The maximum atomic E-state index is 10.0. The van der Waals surface area contributed by atoms with Crippen molar-refractivity contribution in [2.75, 3.05) is 7.11 Å². The maximum absolute atomic E-state index is 10.0. The summed E-state index contributed by atoms with van der Waals surface area (Å²) in [6.45, 7) is 1.90. The fraction of sp³-hybridized carbons (Fsp3) is 0.0870. The van der Waals surface area contributed by atoms with Gasteiger partial charge in [-0.3, -0.25) is 5.10 Å². The molecular formula is C23H17ClN4O. The van der Waals surface area contributed by atoms with E-state index in [1.807, 2.05) is 67.6 Å². The van der Waals surface area contributed by atoms with Gasteiger partial charge in [0.05, 0.1) is 23.8 Å². The van der Waals surface area contributed by atoms with Gasteiger partial charge in [-0.2, -0.15) is 10.4 Å². The minimum Gasteiger partial charge on any atom is -0.497 e. The molecule has 2 aromatic carbocycles. The second kappa shape index (κ2) is 7.78. The smallest absolute Gasteiger partial charge is 0.182 e. The van der Waals surface area contributed by atoms with Gasteiger partial charge >= 0.3 is 0 Å². The molecule has 142 valence electrons. The van der Waals surface area contributed by atoms with Crippen LogP contribution in [-0.2, 0) is 0 Å². The summed E-state index contributed by atoms with van der Waals surface area (Å²) >= 11 is 6.61. The van der Waals surface area contributed by atoms with E-state index in [0.29, 0.717) is 27.5 Å². The molecule has 5 nitrogen and oxygen atoms in total. The van der Waals surface area contributed by atoms with Gasteiger partial charge in [-0.1, -0.05) is 41.9 Å². The molecule has 0 unspecified atom stereocenters. The SMILES string of the molecule is COc1ccc(-c2nc3n[nH]c(C)c3c(C=C(Cl)c3ccccc3)c2C#N)cc1. The van der Waals surface area contributed by atoms with Crippen molar-refractivity contribution in [2.45, 2.75) is 6.92 Å². The Morgan fingerprint density at radius 3 is 2.52 bits per heavy atom. The number of nitriles is 1. The van der Waals surface area contributed by atoms with Crippen LogP contribution in [0.2, 0.25) is 0 Å².